The summed E-state index contributed by atoms with van der Waals surface area (Å²) < 4.78 is 5.12. The molecule has 1 heterocycles. The molecule has 2 aromatic carbocycles. The second-order valence-corrected chi connectivity index (χ2v) is 8.77. The monoisotopic (exact) mass is 509 g/mol. The average molecular weight is 510 g/mol. The fourth-order valence-corrected chi connectivity index (χ4v) is 4.06. The van der Waals surface area contributed by atoms with Crippen molar-refractivity contribution in [1.29, 1.82) is 0 Å². The van der Waals surface area contributed by atoms with E-state index in [1.807, 2.05) is 6.07 Å². The predicted octanol–water partition coefficient (Wildman–Crippen LogP) is 0.892. The summed E-state index contributed by atoms with van der Waals surface area (Å²) in [5.41, 5.74) is 1.52. The highest BCUT2D eigenvalue weighted by molar-refractivity contribution is 5.96. The molecule has 0 radical (unpaired) electrons. The predicted molar refractivity (Wildman–Crippen MR) is 135 cm³/mol. The minimum absolute atomic E-state index is 0.0472. The molecular weight excluding hydrogens is 478 g/mol. The van der Waals surface area contributed by atoms with Gasteiger partial charge in [-0.1, -0.05) is 42.5 Å². The van der Waals surface area contributed by atoms with E-state index in [-0.39, 0.29) is 18.7 Å². The molecule has 1 fully saturated rings. The minimum Gasteiger partial charge on any atom is -0.497 e. The molecule has 1 aliphatic heterocycles. The number of benzene rings is 2. The highest BCUT2D eigenvalue weighted by Gasteiger charge is 2.35. The van der Waals surface area contributed by atoms with Crippen molar-refractivity contribution in [1.82, 2.24) is 16.0 Å². The van der Waals surface area contributed by atoms with Crippen LogP contribution < -0.4 is 20.7 Å². The van der Waals surface area contributed by atoms with E-state index in [0.717, 1.165) is 11.1 Å². The van der Waals surface area contributed by atoms with Crippen LogP contribution in [0.3, 0.4) is 0 Å². The molecule has 0 spiro atoms. The van der Waals surface area contributed by atoms with Crippen molar-refractivity contribution < 1.29 is 34.1 Å². The maximum Gasteiger partial charge on any atom is 0.334 e. The molecule has 0 aromatic heterocycles. The first-order valence-electron chi connectivity index (χ1n) is 11.9. The lowest BCUT2D eigenvalue weighted by Crippen LogP contribution is -2.55. The van der Waals surface area contributed by atoms with Crippen LogP contribution in [-0.4, -0.2) is 65.7 Å². The Morgan fingerprint density at radius 1 is 1.11 bits per heavy atom. The number of amides is 3. The van der Waals surface area contributed by atoms with E-state index in [1.54, 1.807) is 61.7 Å². The van der Waals surface area contributed by atoms with Gasteiger partial charge in [-0.05, 0) is 42.2 Å². The molecule has 0 bridgehead atoms. The normalized spacial score (nSPS) is 17.5. The molecule has 0 aliphatic carbocycles. The summed E-state index contributed by atoms with van der Waals surface area (Å²) in [5, 5.41) is 27.5. The number of ether oxygens (including phenoxy) is 1. The largest absolute Gasteiger partial charge is 0.497 e. The van der Waals surface area contributed by atoms with Crippen molar-refractivity contribution in [2.45, 2.75) is 37.5 Å². The molecule has 3 amide bonds. The first-order valence-corrected chi connectivity index (χ1v) is 11.9. The van der Waals surface area contributed by atoms with Gasteiger partial charge in [0.25, 0.3) is 0 Å². The van der Waals surface area contributed by atoms with E-state index in [9.17, 15) is 29.4 Å². The zero-order valence-electron chi connectivity index (χ0n) is 20.4. The summed E-state index contributed by atoms with van der Waals surface area (Å²) in [7, 11) is 1.55. The number of nitrogens with one attached hydrogen (secondary N) is 3. The third-order valence-corrected chi connectivity index (χ3v) is 6.12. The van der Waals surface area contributed by atoms with E-state index in [2.05, 4.69) is 16.0 Å². The number of hydrogen-bond donors (Lipinski definition) is 5. The van der Waals surface area contributed by atoms with Crippen LogP contribution in [0, 0.1) is 5.92 Å². The number of aliphatic hydroxyl groups is 1. The van der Waals surface area contributed by atoms with Gasteiger partial charge in [-0.2, -0.15) is 0 Å². The number of hydrogen-bond acceptors (Lipinski definition) is 6. The van der Waals surface area contributed by atoms with Crippen LogP contribution in [0.5, 0.6) is 5.75 Å². The van der Waals surface area contributed by atoms with Crippen LogP contribution >= 0.6 is 0 Å². The van der Waals surface area contributed by atoms with Gasteiger partial charge in [0.1, 0.15) is 11.8 Å². The smallest absolute Gasteiger partial charge is 0.334 e. The Labute approximate surface area is 214 Å². The van der Waals surface area contributed by atoms with E-state index >= 15 is 0 Å². The van der Waals surface area contributed by atoms with E-state index in [4.69, 9.17) is 4.74 Å². The number of aliphatic hydroxyl groups excluding tert-OH is 1. The lowest BCUT2D eigenvalue weighted by molar-refractivity contribution is -0.149. The summed E-state index contributed by atoms with van der Waals surface area (Å²) >= 11 is 0. The second kappa shape index (κ2) is 13.2. The molecule has 2 aromatic rings. The third-order valence-electron chi connectivity index (χ3n) is 6.12. The fourth-order valence-electron chi connectivity index (χ4n) is 4.06. The zero-order valence-corrected chi connectivity index (χ0v) is 20.4. The summed E-state index contributed by atoms with van der Waals surface area (Å²) in [6, 6.07) is 13.8. The van der Waals surface area contributed by atoms with Crippen LogP contribution in [0.25, 0.3) is 6.08 Å². The van der Waals surface area contributed by atoms with Crippen LogP contribution in [0.2, 0.25) is 0 Å². The Morgan fingerprint density at radius 3 is 2.41 bits per heavy atom. The zero-order chi connectivity index (χ0) is 26.8. The number of carbonyl (C=O) groups is 4. The Balaban J connectivity index is 1.74. The van der Waals surface area contributed by atoms with Gasteiger partial charge >= 0.3 is 5.97 Å². The molecule has 1 saturated heterocycles. The lowest BCUT2D eigenvalue weighted by atomic mass is 9.94. The van der Waals surface area contributed by atoms with Gasteiger partial charge in [0, 0.05) is 25.0 Å². The van der Waals surface area contributed by atoms with Gasteiger partial charge in [0.15, 0.2) is 6.10 Å². The summed E-state index contributed by atoms with van der Waals surface area (Å²) in [5.74, 6) is -2.83. The average Bonchev–Trinajstić information content (AvgIpc) is 3.31. The van der Waals surface area contributed by atoms with Crippen molar-refractivity contribution in [3.8, 4) is 5.75 Å². The molecule has 196 valence electrons. The quantitative estimate of drug-likeness (QED) is 0.266. The minimum atomic E-state index is -1.92. The number of carboxylic acid groups (broad SMARTS) is 1. The standard InChI is InChI=1S/C27H31N3O7/c1-37-20-10-7-17(8-11-20)9-12-23(31)29-22(15-18-5-3-2-4-6-18)26(34)30-21(24(32)27(35)36)16-19-13-14-28-25(19)33/h2-12,19,21-22,24,32H,13-16H2,1H3,(H,28,33)(H,29,31)(H,30,34)(H,35,36)/b12-9+/t19-,21-,22-,24-/m0/s1. The van der Waals surface area contributed by atoms with Crippen LogP contribution in [-0.2, 0) is 25.6 Å². The third kappa shape index (κ3) is 8.18. The number of aliphatic carboxylic acids is 1. The molecule has 10 nitrogen and oxygen atoms in total. The SMILES string of the molecule is COc1ccc(/C=C/C(=O)N[C@@H](Cc2ccccc2)C(=O)N[C@@H](C[C@@H]2CCNC2=O)[C@H](O)C(=O)O)cc1. The molecule has 10 heteroatoms. The van der Waals surface area contributed by atoms with Crippen LogP contribution in [0.1, 0.15) is 24.0 Å². The van der Waals surface area contributed by atoms with Gasteiger partial charge < -0.3 is 30.9 Å². The van der Waals surface area contributed by atoms with Crippen molar-refractivity contribution >= 4 is 29.8 Å². The number of methoxy groups -OCH3 is 1. The fraction of sp³-hybridized carbons (Fsp3) is 0.333. The molecular formula is C27H31N3O7. The summed E-state index contributed by atoms with van der Waals surface area (Å²) in [4.78, 5) is 49.4. The van der Waals surface area contributed by atoms with Gasteiger partial charge in [0.05, 0.1) is 13.2 Å². The Hall–Kier alpha value is -4.18. The Bertz CT molecular complexity index is 1120. The lowest BCUT2D eigenvalue weighted by Gasteiger charge is -2.26. The topological polar surface area (TPSA) is 154 Å². The van der Waals surface area contributed by atoms with Crippen molar-refractivity contribution in [3.05, 3.63) is 71.8 Å². The van der Waals surface area contributed by atoms with Gasteiger partial charge in [-0.15, -0.1) is 0 Å². The van der Waals surface area contributed by atoms with Crippen molar-refractivity contribution in [2.75, 3.05) is 13.7 Å². The van der Waals surface area contributed by atoms with Gasteiger partial charge in [-0.3, -0.25) is 14.4 Å². The number of carbonyl (C=O) groups excluding carboxylic acids is 3. The summed E-state index contributed by atoms with van der Waals surface area (Å²) in [6.07, 6.45) is 1.52. The molecule has 1 aliphatic rings. The number of rotatable bonds is 12. The van der Waals surface area contributed by atoms with Crippen molar-refractivity contribution in [3.63, 3.8) is 0 Å². The molecule has 4 atom stereocenters. The molecule has 5 N–H and O–H groups in total. The maximum absolute atomic E-state index is 13.3. The first-order chi connectivity index (χ1) is 17.8. The first kappa shape index (κ1) is 27.4. The van der Waals surface area contributed by atoms with E-state index < -0.39 is 41.9 Å². The molecule has 37 heavy (non-hydrogen) atoms. The van der Waals surface area contributed by atoms with Gasteiger partial charge in [0.2, 0.25) is 17.7 Å². The molecule has 0 unspecified atom stereocenters. The number of carboxylic acids is 1. The van der Waals surface area contributed by atoms with Crippen LogP contribution in [0.15, 0.2) is 60.7 Å². The summed E-state index contributed by atoms with van der Waals surface area (Å²) in [6.45, 7) is 0.445. The highest BCUT2D eigenvalue weighted by atomic mass is 16.5. The van der Waals surface area contributed by atoms with E-state index in [0.29, 0.717) is 18.7 Å². The van der Waals surface area contributed by atoms with Gasteiger partial charge in [-0.25, -0.2) is 4.79 Å². The molecule has 3 rings (SSSR count). The van der Waals surface area contributed by atoms with E-state index in [1.165, 1.54) is 6.08 Å². The van der Waals surface area contributed by atoms with Crippen molar-refractivity contribution in [2.24, 2.45) is 5.92 Å². The van der Waals surface area contributed by atoms with Crippen LogP contribution in [0.4, 0.5) is 0 Å². The Morgan fingerprint density at radius 2 is 1.81 bits per heavy atom. The Kier molecular flexibility index (Phi) is 9.79. The maximum atomic E-state index is 13.3. The molecule has 0 saturated carbocycles. The second-order valence-electron chi connectivity index (χ2n) is 8.77. The highest BCUT2D eigenvalue weighted by Crippen LogP contribution is 2.18.